The Hall–Kier alpha value is -6.02. The van der Waals surface area contributed by atoms with E-state index in [4.69, 9.17) is 15.6 Å². The first-order valence-corrected chi connectivity index (χ1v) is 18.2. The van der Waals surface area contributed by atoms with Crippen molar-refractivity contribution in [1.29, 1.82) is 0 Å². The van der Waals surface area contributed by atoms with Gasteiger partial charge in [-0.2, -0.15) is 11.3 Å². The number of nitrogen functional groups attached to an aromatic ring is 1. The van der Waals surface area contributed by atoms with Crippen LogP contribution in [-0.2, 0) is 20.7 Å². The lowest BCUT2D eigenvalue weighted by molar-refractivity contribution is -0.126. The fourth-order valence-electron chi connectivity index (χ4n) is 5.73. The Kier molecular flexibility index (Phi) is 13.3. The molecule has 1 unspecified atom stereocenters. The van der Waals surface area contributed by atoms with E-state index in [2.05, 4.69) is 10.6 Å². The molecule has 13 nitrogen and oxygen atoms in total. The highest BCUT2D eigenvalue weighted by Crippen LogP contribution is 2.36. The topological polar surface area (TPSA) is 188 Å². The van der Waals surface area contributed by atoms with Crippen LogP contribution in [0.25, 0.3) is 0 Å². The molecule has 0 aliphatic carbocycles. The Morgan fingerprint density at radius 1 is 0.963 bits per heavy atom. The first kappa shape index (κ1) is 40.7. The standard InChI is InChI=1S/C31H34N4O6S.C9H11NO2/c1-6-41-28(38)20-8-7-9-22(15-20)32-30(40)33-23-16-35(29(39)31(3,4)5)24-11-10-19(2)14-25(24)34(27(23)37)17-26(36)21-12-13-42-18-21;1-2-6-7(9(11)12)4-3-5-8(6)10/h7-15,18,23H,6,16-17H2,1-5H3,(H2,32,33,40);3-5H,2,10H2,1H3,(H,11,12). The van der Waals surface area contributed by atoms with Gasteiger partial charge in [0.25, 0.3) is 5.91 Å². The van der Waals surface area contributed by atoms with Crippen molar-refractivity contribution in [2.45, 2.75) is 54.0 Å². The summed E-state index contributed by atoms with van der Waals surface area (Å²) in [5.41, 5.74) is 9.13. The first-order valence-electron chi connectivity index (χ1n) is 17.3. The molecule has 0 fully saturated rings. The van der Waals surface area contributed by atoms with Crippen LogP contribution in [0.2, 0.25) is 0 Å². The maximum Gasteiger partial charge on any atom is 0.338 e. The third kappa shape index (κ3) is 9.89. The molecule has 14 heteroatoms. The van der Waals surface area contributed by atoms with Gasteiger partial charge in [-0.3, -0.25) is 14.4 Å². The summed E-state index contributed by atoms with van der Waals surface area (Å²) in [5, 5.41) is 17.6. The maximum absolute atomic E-state index is 14.1. The number of carbonyl (C=O) groups is 6. The Balaban J connectivity index is 0.000000460. The average Bonchev–Trinajstić information content (AvgIpc) is 3.64. The van der Waals surface area contributed by atoms with Crippen LogP contribution < -0.4 is 26.2 Å². The van der Waals surface area contributed by atoms with Crippen LogP contribution in [0.5, 0.6) is 0 Å². The molecule has 0 radical (unpaired) electrons. The van der Waals surface area contributed by atoms with E-state index in [1.54, 1.807) is 93.1 Å². The van der Waals surface area contributed by atoms with E-state index in [9.17, 15) is 28.8 Å². The number of amides is 4. The molecule has 0 saturated carbocycles. The SMILES string of the molecule is CCOC(=O)c1cccc(NC(=O)NC2CN(C(=O)C(C)(C)C)c3ccc(C)cc3N(CC(=O)c3ccsc3)C2=O)c1.CCc1c(N)cccc1C(=O)O. The first-order chi connectivity index (χ1) is 25.5. The van der Waals surface area contributed by atoms with Gasteiger partial charge >= 0.3 is 18.0 Å². The van der Waals surface area contributed by atoms with E-state index in [0.29, 0.717) is 45.9 Å². The van der Waals surface area contributed by atoms with Crippen LogP contribution in [-0.4, -0.2) is 66.4 Å². The van der Waals surface area contributed by atoms with Crippen molar-refractivity contribution in [3.05, 3.63) is 105 Å². The lowest BCUT2D eigenvalue weighted by Crippen LogP contribution is -2.55. The van der Waals surface area contributed by atoms with Crippen LogP contribution in [0.15, 0.2) is 77.5 Å². The number of ether oxygens (including phenoxy) is 1. The Labute approximate surface area is 318 Å². The van der Waals surface area contributed by atoms with Crippen molar-refractivity contribution in [2.75, 3.05) is 40.5 Å². The van der Waals surface area contributed by atoms with E-state index in [-0.39, 0.29) is 37.0 Å². The van der Waals surface area contributed by atoms with Crippen LogP contribution in [0.1, 0.15) is 76.8 Å². The minimum absolute atomic E-state index is 0.148. The number of Topliss-reactive ketones (excluding diaryl/α,β-unsaturated/α-hetero) is 1. The molecule has 1 aromatic heterocycles. The highest BCUT2D eigenvalue weighted by molar-refractivity contribution is 7.08. The van der Waals surface area contributed by atoms with Crippen LogP contribution in [0.3, 0.4) is 0 Å². The summed E-state index contributed by atoms with van der Waals surface area (Å²) in [5.74, 6) is -2.51. The Morgan fingerprint density at radius 3 is 2.30 bits per heavy atom. The molecule has 3 aromatic carbocycles. The second kappa shape index (κ2) is 17.7. The minimum Gasteiger partial charge on any atom is -0.478 e. The number of thiophene rings is 1. The number of carboxylic acid groups (broad SMARTS) is 1. The molecule has 0 spiro atoms. The Morgan fingerprint density at radius 2 is 1.69 bits per heavy atom. The average molecular weight is 756 g/mol. The lowest BCUT2D eigenvalue weighted by Gasteiger charge is -2.31. The van der Waals surface area contributed by atoms with Crippen LogP contribution in [0.4, 0.5) is 27.5 Å². The number of hydrogen-bond donors (Lipinski definition) is 4. The number of urea groups is 1. The minimum atomic E-state index is -1.19. The molecule has 0 saturated heterocycles. The van der Waals surface area contributed by atoms with Gasteiger partial charge in [-0.15, -0.1) is 0 Å². The molecule has 54 heavy (non-hydrogen) atoms. The number of esters is 1. The number of nitrogens with two attached hydrogens (primary N) is 1. The van der Waals surface area contributed by atoms with Crippen LogP contribution in [0, 0.1) is 12.3 Å². The van der Waals surface area contributed by atoms with E-state index >= 15 is 0 Å². The number of hydrogen-bond acceptors (Lipinski definition) is 9. The number of fused-ring (bicyclic) bond motifs is 1. The van der Waals surface area contributed by atoms with Crippen molar-refractivity contribution in [3.63, 3.8) is 0 Å². The molecular formula is C40H45N5O8S. The molecule has 1 aliphatic rings. The van der Waals surface area contributed by atoms with Gasteiger partial charge in [0.15, 0.2) is 5.78 Å². The number of aryl methyl sites for hydroxylation is 1. The molecule has 4 amide bonds. The quantitative estimate of drug-likeness (QED) is 0.0833. The number of ketones is 1. The zero-order valence-electron chi connectivity index (χ0n) is 31.1. The molecule has 0 bridgehead atoms. The largest absolute Gasteiger partial charge is 0.478 e. The van der Waals surface area contributed by atoms with Crippen molar-refractivity contribution < 1.29 is 38.6 Å². The van der Waals surface area contributed by atoms with Gasteiger partial charge in [0.05, 0.1) is 42.2 Å². The number of carboxylic acids is 1. The number of benzene rings is 3. The summed E-state index contributed by atoms with van der Waals surface area (Å²) >= 11 is 1.37. The predicted octanol–water partition coefficient (Wildman–Crippen LogP) is 6.56. The fourth-order valence-corrected chi connectivity index (χ4v) is 6.39. The van der Waals surface area contributed by atoms with E-state index in [0.717, 1.165) is 5.56 Å². The molecular weight excluding hydrogens is 711 g/mol. The van der Waals surface area contributed by atoms with Gasteiger partial charge in [-0.25, -0.2) is 14.4 Å². The number of carbonyl (C=O) groups excluding carboxylic acids is 5. The van der Waals surface area contributed by atoms with Crippen molar-refractivity contribution in [3.8, 4) is 0 Å². The number of nitrogens with zero attached hydrogens (tertiary/aromatic N) is 2. The van der Waals surface area contributed by atoms with Crippen molar-refractivity contribution in [1.82, 2.24) is 5.32 Å². The monoisotopic (exact) mass is 755 g/mol. The second-order valence-corrected chi connectivity index (χ2v) is 14.3. The number of rotatable bonds is 9. The van der Waals surface area contributed by atoms with Crippen molar-refractivity contribution >= 4 is 69.7 Å². The van der Waals surface area contributed by atoms with Gasteiger partial charge in [-0.1, -0.05) is 45.9 Å². The molecule has 284 valence electrons. The van der Waals surface area contributed by atoms with Gasteiger partial charge in [0, 0.05) is 27.7 Å². The fraction of sp³-hybridized carbons (Fsp3) is 0.300. The van der Waals surface area contributed by atoms with E-state index in [1.165, 1.54) is 27.2 Å². The van der Waals surface area contributed by atoms with Gasteiger partial charge < -0.3 is 36.0 Å². The van der Waals surface area contributed by atoms with Gasteiger partial charge in [-0.05, 0) is 85.3 Å². The number of anilines is 4. The summed E-state index contributed by atoms with van der Waals surface area (Å²) in [6.45, 7) is 10.6. The summed E-state index contributed by atoms with van der Waals surface area (Å²) < 4.78 is 5.03. The third-order valence-corrected chi connectivity index (χ3v) is 9.09. The van der Waals surface area contributed by atoms with E-state index < -0.39 is 35.3 Å². The molecule has 4 aromatic rings. The normalized spacial score (nSPS) is 13.8. The summed E-state index contributed by atoms with van der Waals surface area (Å²) in [6, 6.07) is 16.3. The predicted molar refractivity (Wildman–Crippen MR) is 210 cm³/mol. The van der Waals surface area contributed by atoms with Crippen LogP contribution >= 0.6 is 11.3 Å². The lowest BCUT2D eigenvalue weighted by atomic mass is 9.94. The Bertz CT molecular complexity index is 2040. The summed E-state index contributed by atoms with van der Waals surface area (Å²) in [6.07, 6.45) is 0.647. The zero-order chi connectivity index (χ0) is 39.7. The smallest absolute Gasteiger partial charge is 0.338 e. The maximum atomic E-state index is 14.1. The van der Waals surface area contributed by atoms with E-state index in [1.807, 2.05) is 19.9 Å². The van der Waals surface area contributed by atoms with Gasteiger partial charge in [0.2, 0.25) is 5.91 Å². The zero-order valence-corrected chi connectivity index (χ0v) is 31.9. The van der Waals surface area contributed by atoms with Gasteiger partial charge in [0.1, 0.15) is 6.04 Å². The third-order valence-electron chi connectivity index (χ3n) is 8.41. The van der Waals surface area contributed by atoms with Crippen molar-refractivity contribution in [2.24, 2.45) is 5.41 Å². The highest BCUT2D eigenvalue weighted by Gasteiger charge is 2.40. The molecule has 5 N–H and O–H groups in total. The molecule has 2 heterocycles. The summed E-state index contributed by atoms with van der Waals surface area (Å²) in [4.78, 5) is 79.8. The summed E-state index contributed by atoms with van der Waals surface area (Å²) in [7, 11) is 0. The molecule has 1 atom stereocenters. The highest BCUT2D eigenvalue weighted by atomic mass is 32.1. The number of nitrogens with one attached hydrogen (secondary N) is 2. The second-order valence-electron chi connectivity index (χ2n) is 13.5. The molecule has 1 aliphatic heterocycles. The number of aromatic carboxylic acids is 1. The molecule has 5 rings (SSSR count).